The van der Waals surface area contributed by atoms with Crippen LogP contribution in [-0.4, -0.2) is 18.7 Å². The first-order chi connectivity index (χ1) is 11.8. The third kappa shape index (κ3) is 7.33. The molecule has 0 aliphatic carbocycles. The van der Waals surface area contributed by atoms with Crippen molar-refractivity contribution in [2.45, 2.75) is 78.2 Å². The van der Waals surface area contributed by atoms with E-state index in [-0.39, 0.29) is 5.97 Å². The SMILES string of the molecule is CCCCCC(CC)c1cccc(OC)c1/C=C/C(=O)OC(C)(C)C. The number of benzene rings is 1. The molecule has 3 heteroatoms. The zero-order valence-corrected chi connectivity index (χ0v) is 16.7. The normalized spacial score (nSPS) is 13.0. The number of methoxy groups -OCH3 is 1. The standard InChI is InChI=1S/C22H34O3/c1-7-9-10-12-17(8-2)18-13-11-14-20(24-6)19(18)15-16-21(23)25-22(3,4)5/h11,13-17H,7-10,12H2,1-6H3/b16-15+. The van der Waals surface area contributed by atoms with E-state index in [1.54, 1.807) is 7.11 Å². The predicted molar refractivity (Wildman–Crippen MR) is 105 cm³/mol. The number of esters is 1. The van der Waals surface area contributed by atoms with Crippen molar-refractivity contribution >= 4 is 12.0 Å². The molecular weight excluding hydrogens is 312 g/mol. The summed E-state index contributed by atoms with van der Waals surface area (Å²) in [6.07, 6.45) is 9.27. The second kappa shape index (κ2) is 10.3. The van der Waals surface area contributed by atoms with Gasteiger partial charge in [0, 0.05) is 11.6 Å². The van der Waals surface area contributed by atoms with E-state index in [1.807, 2.05) is 39.0 Å². The van der Waals surface area contributed by atoms with E-state index >= 15 is 0 Å². The minimum atomic E-state index is -0.489. The molecule has 0 radical (unpaired) electrons. The van der Waals surface area contributed by atoms with Gasteiger partial charge in [-0.1, -0.05) is 45.2 Å². The first-order valence-electron chi connectivity index (χ1n) is 9.40. The van der Waals surface area contributed by atoms with Gasteiger partial charge in [0.25, 0.3) is 0 Å². The quantitative estimate of drug-likeness (QED) is 0.307. The molecule has 0 aliphatic heterocycles. The Hall–Kier alpha value is -1.77. The van der Waals surface area contributed by atoms with Crippen LogP contribution in [-0.2, 0) is 9.53 Å². The number of carbonyl (C=O) groups excluding carboxylic acids is 1. The van der Waals surface area contributed by atoms with Crippen molar-refractivity contribution in [1.82, 2.24) is 0 Å². The molecule has 0 aliphatic rings. The summed E-state index contributed by atoms with van der Waals surface area (Å²) < 4.78 is 10.9. The van der Waals surface area contributed by atoms with Crippen molar-refractivity contribution < 1.29 is 14.3 Å². The van der Waals surface area contributed by atoms with E-state index in [0.717, 1.165) is 24.2 Å². The van der Waals surface area contributed by atoms with Crippen LogP contribution in [0.2, 0.25) is 0 Å². The van der Waals surface area contributed by atoms with Crippen molar-refractivity contribution in [2.75, 3.05) is 7.11 Å². The second-order valence-corrected chi connectivity index (χ2v) is 7.43. The molecule has 0 saturated heterocycles. The van der Waals surface area contributed by atoms with E-state index in [9.17, 15) is 4.79 Å². The monoisotopic (exact) mass is 346 g/mol. The molecule has 140 valence electrons. The average molecular weight is 347 g/mol. The molecular formula is C22H34O3. The topological polar surface area (TPSA) is 35.5 Å². The van der Waals surface area contributed by atoms with Crippen molar-refractivity contribution in [3.63, 3.8) is 0 Å². The number of unbranched alkanes of at least 4 members (excludes halogenated alkanes) is 2. The van der Waals surface area contributed by atoms with Crippen molar-refractivity contribution in [2.24, 2.45) is 0 Å². The van der Waals surface area contributed by atoms with Gasteiger partial charge in [0.05, 0.1) is 7.11 Å². The summed E-state index contributed by atoms with van der Waals surface area (Å²) >= 11 is 0. The highest BCUT2D eigenvalue weighted by Crippen LogP contribution is 2.34. The minimum Gasteiger partial charge on any atom is -0.496 e. The van der Waals surface area contributed by atoms with Crippen molar-refractivity contribution in [3.05, 3.63) is 35.4 Å². The molecule has 0 bridgehead atoms. The first-order valence-corrected chi connectivity index (χ1v) is 9.40. The molecule has 0 amide bonds. The van der Waals surface area contributed by atoms with Crippen molar-refractivity contribution in [3.8, 4) is 5.75 Å². The maximum absolute atomic E-state index is 12.0. The van der Waals surface area contributed by atoms with Crippen LogP contribution >= 0.6 is 0 Å². The Balaban J connectivity index is 3.08. The summed E-state index contributed by atoms with van der Waals surface area (Å²) in [5, 5.41) is 0. The predicted octanol–water partition coefficient (Wildman–Crippen LogP) is 6.12. The molecule has 0 heterocycles. The molecule has 3 nitrogen and oxygen atoms in total. The van der Waals surface area contributed by atoms with Gasteiger partial charge >= 0.3 is 5.97 Å². The lowest BCUT2D eigenvalue weighted by Crippen LogP contribution is -2.22. The summed E-state index contributed by atoms with van der Waals surface area (Å²) in [6, 6.07) is 6.12. The van der Waals surface area contributed by atoms with Gasteiger partial charge in [-0.2, -0.15) is 0 Å². The van der Waals surface area contributed by atoms with Crippen LogP contribution in [0.3, 0.4) is 0 Å². The van der Waals surface area contributed by atoms with Crippen LogP contribution in [0, 0.1) is 0 Å². The Bertz CT molecular complexity index is 567. The first kappa shape index (κ1) is 21.3. The number of hydrogen-bond acceptors (Lipinski definition) is 3. The van der Waals surface area contributed by atoms with E-state index in [4.69, 9.17) is 9.47 Å². The van der Waals surface area contributed by atoms with Gasteiger partial charge in [0.15, 0.2) is 0 Å². The highest BCUT2D eigenvalue weighted by molar-refractivity contribution is 5.88. The maximum Gasteiger partial charge on any atom is 0.331 e. The fourth-order valence-corrected chi connectivity index (χ4v) is 2.98. The molecule has 0 aromatic heterocycles. The van der Waals surface area contributed by atoms with E-state index in [1.165, 1.54) is 30.9 Å². The van der Waals surface area contributed by atoms with Gasteiger partial charge in [0.2, 0.25) is 0 Å². The van der Waals surface area contributed by atoms with Crippen LogP contribution in [0.25, 0.3) is 6.08 Å². The summed E-state index contributed by atoms with van der Waals surface area (Å²) in [6.45, 7) is 10.1. The van der Waals surface area contributed by atoms with Crippen LogP contribution in [0.15, 0.2) is 24.3 Å². The maximum atomic E-state index is 12.0. The third-order valence-electron chi connectivity index (χ3n) is 4.20. The minimum absolute atomic E-state index is 0.330. The molecule has 1 aromatic rings. The zero-order chi connectivity index (χ0) is 18.9. The number of rotatable bonds is 9. The van der Waals surface area contributed by atoms with Gasteiger partial charge in [-0.15, -0.1) is 0 Å². The second-order valence-electron chi connectivity index (χ2n) is 7.43. The Kier molecular flexibility index (Phi) is 8.74. The van der Waals surface area contributed by atoms with Gasteiger partial charge in [-0.25, -0.2) is 4.79 Å². The molecule has 1 atom stereocenters. The van der Waals surface area contributed by atoms with Crippen LogP contribution in [0.4, 0.5) is 0 Å². The third-order valence-corrected chi connectivity index (χ3v) is 4.20. The fraction of sp³-hybridized carbons (Fsp3) is 0.591. The van der Waals surface area contributed by atoms with Crippen molar-refractivity contribution in [1.29, 1.82) is 0 Å². The number of carbonyl (C=O) groups is 1. The van der Waals surface area contributed by atoms with Gasteiger partial charge in [0.1, 0.15) is 11.4 Å². The van der Waals surface area contributed by atoms with Gasteiger partial charge < -0.3 is 9.47 Å². The van der Waals surface area contributed by atoms with E-state index in [0.29, 0.717) is 5.92 Å². The molecule has 0 N–H and O–H groups in total. The fourth-order valence-electron chi connectivity index (χ4n) is 2.98. The van der Waals surface area contributed by atoms with Gasteiger partial charge in [-0.05, 0) is 57.2 Å². The smallest absolute Gasteiger partial charge is 0.331 e. The molecule has 25 heavy (non-hydrogen) atoms. The van der Waals surface area contributed by atoms with Crippen LogP contribution < -0.4 is 4.74 Å². The summed E-state index contributed by atoms with van der Waals surface area (Å²) in [5.41, 5.74) is 1.74. The summed E-state index contributed by atoms with van der Waals surface area (Å²) in [7, 11) is 1.67. The number of ether oxygens (including phenoxy) is 2. The van der Waals surface area contributed by atoms with E-state index in [2.05, 4.69) is 19.9 Å². The van der Waals surface area contributed by atoms with Crippen LogP contribution in [0.1, 0.15) is 83.8 Å². The Morgan fingerprint density at radius 3 is 2.48 bits per heavy atom. The lowest BCUT2D eigenvalue weighted by molar-refractivity contribution is -0.148. The Morgan fingerprint density at radius 2 is 1.92 bits per heavy atom. The molecule has 0 fully saturated rings. The molecule has 0 saturated carbocycles. The van der Waals surface area contributed by atoms with E-state index < -0.39 is 5.60 Å². The average Bonchev–Trinajstić information content (AvgIpc) is 2.55. The molecule has 1 rings (SSSR count). The lowest BCUT2D eigenvalue weighted by atomic mass is 9.87. The summed E-state index contributed by atoms with van der Waals surface area (Å²) in [4.78, 5) is 12.0. The highest BCUT2D eigenvalue weighted by Gasteiger charge is 2.17. The molecule has 1 aromatic carbocycles. The Labute approximate surface area is 153 Å². The largest absolute Gasteiger partial charge is 0.496 e. The number of hydrogen-bond donors (Lipinski definition) is 0. The lowest BCUT2D eigenvalue weighted by Gasteiger charge is -2.20. The molecule has 1 unspecified atom stereocenters. The summed E-state index contributed by atoms with van der Waals surface area (Å²) in [5.74, 6) is 0.939. The highest BCUT2D eigenvalue weighted by atomic mass is 16.6. The van der Waals surface area contributed by atoms with Crippen LogP contribution in [0.5, 0.6) is 5.75 Å². The van der Waals surface area contributed by atoms with Gasteiger partial charge in [-0.3, -0.25) is 0 Å². The molecule has 0 spiro atoms. The zero-order valence-electron chi connectivity index (χ0n) is 16.7. The Morgan fingerprint density at radius 1 is 1.20 bits per heavy atom.